The van der Waals surface area contributed by atoms with Gasteiger partial charge in [0.25, 0.3) is 0 Å². The van der Waals surface area contributed by atoms with Gasteiger partial charge in [0.1, 0.15) is 24.2 Å². The monoisotopic (exact) mass is 524 g/mol. The Morgan fingerprint density at radius 2 is 1.95 bits per heavy atom. The summed E-state index contributed by atoms with van der Waals surface area (Å²) < 4.78 is 12.3. The zero-order chi connectivity index (χ0) is 27.7. The van der Waals surface area contributed by atoms with Crippen molar-refractivity contribution in [2.24, 2.45) is 11.8 Å². The van der Waals surface area contributed by atoms with Crippen LogP contribution in [0.15, 0.2) is 55.6 Å². The van der Waals surface area contributed by atoms with Crippen molar-refractivity contribution in [3.8, 4) is 0 Å². The third-order valence-corrected chi connectivity index (χ3v) is 8.60. The van der Waals surface area contributed by atoms with E-state index in [2.05, 4.69) is 13.2 Å². The molecule has 6 atom stereocenters. The van der Waals surface area contributed by atoms with E-state index >= 15 is 0 Å². The molecule has 0 saturated carbocycles. The number of hydrogen-bond acceptors (Lipinski definition) is 6. The number of likely N-dealkylation sites (tertiary alicyclic amines) is 1. The third-order valence-electron chi connectivity index (χ3n) is 8.60. The predicted octanol–water partition coefficient (Wildman–Crippen LogP) is 2.90. The van der Waals surface area contributed by atoms with Gasteiger partial charge in [-0.1, -0.05) is 56.0 Å². The number of fused-ring (bicyclic) bond motifs is 1. The number of esters is 1. The molecule has 2 bridgehead atoms. The highest BCUT2D eigenvalue weighted by Crippen LogP contribution is 2.65. The van der Waals surface area contributed by atoms with Gasteiger partial charge in [-0.05, 0) is 45.1 Å². The summed E-state index contributed by atoms with van der Waals surface area (Å²) in [6, 6.07) is 7.77. The molecule has 4 rings (SSSR count). The van der Waals surface area contributed by atoms with E-state index in [4.69, 9.17) is 9.47 Å². The van der Waals surface area contributed by atoms with Crippen molar-refractivity contribution >= 4 is 17.8 Å². The van der Waals surface area contributed by atoms with Crippen LogP contribution in [0.4, 0.5) is 0 Å². The average Bonchev–Trinajstić information content (AvgIpc) is 3.52. The summed E-state index contributed by atoms with van der Waals surface area (Å²) in [4.78, 5) is 45.4. The van der Waals surface area contributed by atoms with Crippen LogP contribution in [0, 0.1) is 11.8 Å². The van der Waals surface area contributed by atoms with E-state index in [9.17, 15) is 19.5 Å². The SMILES string of the molecule is C=CCOC(=O)[C@H]1[C@H]2C(=O)N([C@@H](CO)Cc3ccccc3)C(C(=O)N(CC=C)C(C)C)C23CC[C@]1(CC)O3. The Bertz CT molecular complexity index is 1070. The molecule has 3 aliphatic rings. The lowest BCUT2D eigenvalue weighted by Gasteiger charge is -2.40. The molecule has 1 N–H and O–H groups in total. The van der Waals surface area contributed by atoms with Crippen LogP contribution in [-0.4, -0.2) is 81.8 Å². The molecule has 38 heavy (non-hydrogen) atoms. The maximum Gasteiger partial charge on any atom is 0.313 e. The molecule has 3 saturated heterocycles. The molecule has 1 spiro atoms. The molecule has 1 aromatic rings. The maximum atomic E-state index is 14.4. The summed E-state index contributed by atoms with van der Waals surface area (Å²) in [6.45, 7) is 13.2. The third kappa shape index (κ3) is 4.37. The minimum absolute atomic E-state index is 0.0306. The van der Waals surface area contributed by atoms with E-state index in [1.807, 2.05) is 51.1 Å². The van der Waals surface area contributed by atoms with Gasteiger partial charge in [-0.15, -0.1) is 6.58 Å². The van der Waals surface area contributed by atoms with Crippen molar-refractivity contribution in [2.45, 2.75) is 75.8 Å². The molecule has 206 valence electrons. The quantitative estimate of drug-likeness (QED) is 0.334. The highest BCUT2D eigenvalue weighted by Gasteiger charge is 2.79. The normalized spacial score (nSPS) is 30.3. The fourth-order valence-electron chi connectivity index (χ4n) is 6.91. The fraction of sp³-hybridized carbons (Fsp3) is 0.567. The smallest absolute Gasteiger partial charge is 0.313 e. The number of hydrogen-bond donors (Lipinski definition) is 1. The second-order valence-electron chi connectivity index (χ2n) is 10.9. The molecule has 3 fully saturated rings. The number of ether oxygens (including phenoxy) is 2. The highest BCUT2D eigenvalue weighted by atomic mass is 16.6. The zero-order valence-electron chi connectivity index (χ0n) is 22.7. The summed E-state index contributed by atoms with van der Waals surface area (Å²) in [5.74, 6) is -2.80. The number of benzene rings is 1. The van der Waals surface area contributed by atoms with E-state index in [0.717, 1.165) is 5.56 Å². The van der Waals surface area contributed by atoms with E-state index in [0.29, 0.717) is 32.2 Å². The first kappa shape index (κ1) is 28.0. The lowest BCUT2D eigenvalue weighted by molar-refractivity contribution is -0.163. The van der Waals surface area contributed by atoms with Gasteiger partial charge in [0, 0.05) is 12.6 Å². The summed E-state index contributed by atoms with van der Waals surface area (Å²) >= 11 is 0. The molecule has 0 radical (unpaired) electrons. The number of amides is 2. The summed E-state index contributed by atoms with van der Waals surface area (Å²) in [5, 5.41) is 10.6. The zero-order valence-corrected chi connectivity index (χ0v) is 22.7. The molecule has 8 heteroatoms. The molecule has 8 nitrogen and oxygen atoms in total. The van der Waals surface area contributed by atoms with E-state index in [-0.39, 0.29) is 31.1 Å². The van der Waals surface area contributed by atoms with Crippen molar-refractivity contribution in [2.75, 3.05) is 19.8 Å². The van der Waals surface area contributed by atoms with Crippen LogP contribution in [-0.2, 0) is 30.3 Å². The second-order valence-corrected chi connectivity index (χ2v) is 10.9. The van der Waals surface area contributed by atoms with E-state index in [1.165, 1.54) is 11.0 Å². The van der Waals surface area contributed by atoms with Crippen molar-refractivity contribution in [3.05, 3.63) is 61.2 Å². The largest absolute Gasteiger partial charge is 0.461 e. The predicted molar refractivity (Wildman–Crippen MR) is 143 cm³/mol. The Balaban J connectivity index is 1.83. The standard InChI is InChI=1S/C30H40N2O6/c1-6-16-31(20(4)5)27(35)25-30-15-14-29(8-3,38-30)24(28(36)37-17-7-2)23(30)26(34)32(25)22(19-33)18-21-12-10-9-11-13-21/h6-7,9-13,20,22-25,33H,1-2,8,14-19H2,3-5H3/t22-,23+,24-,25?,29+,30?/m1/s1. The first-order valence-corrected chi connectivity index (χ1v) is 13.6. The number of carbonyl (C=O) groups is 3. The minimum atomic E-state index is -1.18. The molecule has 2 unspecified atom stereocenters. The highest BCUT2D eigenvalue weighted by molar-refractivity contribution is 5.99. The molecular weight excluding hydrogens is 484 g/mol. The van der Waals surface area contributed by atoms with Gasteiger partial charge >= 0.3 is 5.97 Å². The van der Waals surface area contributed by atoms with Gasteiger partial charge in [0.2, 0.25) is 11.8 Å². The molecule has 3 heterocycles. The number of nitrogens with zero attached hydrogens (tertiary/aromatic N) is 2. The first-order chi connectivity index (χ1) is 18.2. The van der Waals surface area contributed by atoms with Gasteiger partial charge in [0.05, 0.1) is 24.2 Å². The van der Waals surface area contributed by atoms with E-state index < -0.39 is 41.1 Å². The minimum Gasteiger partial charge on any atom is -0.461 e. The van der Waals surface area contributed by atoms with Gasteiger partial charge in [0.15, 0.2) is 0 Å². The number of carbonyl (C=O) groups excluding carboxylic acids is 3. The van der Waals surface area contributed by atoms with Crippen LogP contribution >= 0.6 is 0 Å². The van der Waals surface area contributed by atoms with Gasteiger partial charge in [-0.3, -0.25) is 14.4 Å². The van der Waals surface area contributed by atoms with E-state index in [1.54, 1.807) is 11.0 Å². The fourth-order valence-corrected chi connectivity index (χ4v) is 6.91. The Labute approximate surface area is 225 Å². The molecule has 2 amide bonds. The Hall–Kier alpha value is -2.97. The maximum absolute atomic E-state index is 14.4. The first-order valence-electron chi connectivity index (χ1n) is 13.6. The van der Waals surface area contributed by atoms with Crippen LogP contribution in [0.1, 0.15) is 45.6 Å². The van der Waals surface area contributed by atoms with Crippen molar-refractivity contribution < 1.29 is 29.0 Å². The summed E-state index contributed by atoms with van der Waals surface area (Å²) in [5.41, 5.74) is -1.12. The van der Waals surface area contributed by atoms with Crippen LogP contribution in [0.3, 0.4) is 0 Å². The molecular formula is C30H40N2O6. The van der Waals surface area contributed by atoms with Crippen molar-refractivity contribution in [3.63, 3.8) is 0 Å². The summed E-state index contributed by atoms with van der Waals surface area (Å²) in [7, 11) is 0. The second kappa shape index (κ2) is 11.0. The number of rotatable bonds is 12. The number of aliphatic hydroxyl groups excluding tert-OH is 1. The lowest BCUT2D eigenvalue weighted by atomic mass is 9.65. The number of aliphatic hydroxyl groups is 1. The van der Waals surface area contributed by atoms with Crippen molar-refractivity contribution in [1.82, 2.24) is 9.80 Å². The van der Waals surface area contributed by atoms with Gasteiger partial charge < -0.3 is 24.4 Å². The molecule has 1 aromatic carbocycles. The van der Waals surface area contributed by atoms with Gasteiger partial charge in [-0.2, -0.15) is 0 Å². The van der Waals surface area contributed by atoms with Crippen LogP contribution in [0.25, 0.3) is 0 Å². The molecule has 3 aliphatic heterocycles. The van der Waals surface area contributed by atoms with Gasteiger partial charge in [-0.25, -0.2) is 0 Å². The Morgan fingerprint density at radius 1 is 1.24 bits per heavy atom. The Morgan fingerprint density at radius 3 is 2.53 bits per heavy atom. The molecule has 0 aromatic heterocycles. The van der Waals surface area contributed by atoms with Crippen LogP contribution < -0.4 is 0 Å². The average molecular weight is 525 g/mol. The lowest BCUT2D eigenvalue weighted by Crippen LogP contribution is -2.60. The van der Waals surface area contributed by atoms with Crippen LogP contribution in [0.2, 0.25) is 0 Å². The van der Waals surface area contributed by atoms with Crippen molar-refractivity contribution in [1.29, 1.82) is 0 Å². The van der Waals surface area contributed by atoms with Crippen LogP contribution in [0.5, 0.6) is 0 Å². The summed E-state index contributed by atoms with van der Waals surface area (Å²) in [6.07, 6.45) is 5.05. The molecule has 0 aliphatic carbocycles. The Kier molecular flexibility index (Phi) is 8.14. The topological polar surface area (TPSA) is 96.4 Å².